The normalized spacial score (nSPS) is 11.6. The molecule has 0 saturated carbocycles. The van der Waals surface area contributed by atoms with E-state index in [1.54, 1.807) is 48.8 Å². The fourth-order valence-electron chi connectivity index (χ4n) is 2.67. The Hall–Kier alpha value is -2.77. The Morgan fingerprint density at radius 3 is 2.32 bits per heavy atom. The Morgan fingerprint density at radius 2 is 1.64 bits per heavy atom. The lowest BCUT2D eigenvalue weighted by Crippen LogP contribution is -2.10. The van der Waals surface area contributed by atoms with Crippen LogP contribution in [0.15, 0.2) is 67.0 Å². The molecule has 3 heterocycles. The molecule has 28 heavy (non-hydrogen) atoms. The lowest BCUT2D eigenvalue weighted by molar-refractivity contribution is -0.141. The number of rotatable bonds is 3. The molecule has 8 heteroatoms. The molecule has 0 fully saturated rings. The number of pyridine rings is 1. The lowest BCUT2D eigenvalue weighted by atomic mass is 10.0. The standard InChI is InChI=1S/C20H11ClF3N3S/c21-18-7-6-16(28-18)15-10-17(20(22,23)24)27-19(26-15)13-4-1-3-12(9-13)14-5-2-8-25-11-14/h1-11H. The van der Waals surface area contributed by atoms with E-state index in [1.165, 1.54) is 0 Å². The van der Waals surface area contributed by atoms with Crippen LogP contribution in [0.4, 0.5) is 13.2 Å². The van der Waals surface area contributed by atoms with Gasteiger partial charge in [-0.05, 0) is 35.9 Å². The molecule has 0 aliphatic heterocycles. The average molecular weight is 418 g/mol. The molecule has 0 spiro atoms. The Balaban J connectivity index is 1.85. The SMILES string of the molecule is FC(F)(F)c1cc(-c2ccc(Cl)s2)nc(-c2cccc(-c3cccnc3)c2)n1. The van der Waals surface area contributed by atoms with Crippen molar-refractivity contribution in [3.05, 3.63) is 77.0 Å². The van der Waals surface area contributed by atoms with Gasteiger partial charge in [-0.2, -0.15) is 13.2 Å². The number of benzene rings is 1. The van der Waals surface area contributed by atoms with Gasteiger partial charge in [-0.25, -0.2) is 9.97 Å². The third-order valence-corrected chi connectivity index (χ3v) is 5.21. The van der Waals surface area contributed by atoms with E-state index in [9.17, 15) is 13.2 Å². The van der Waals surface area contributed by atoms with Crippen LogP contribution in [0.25, 0.3) is 33.1 Å². The van der Waals surface area contributed by atoms with Crippen LogP contribution in [0.2, 0.25) is 4.34 Å². The molecule has 140 valence electrons. The van der Waals surface area contributed by atoms with Gasteiger partial charge in [-0.1, -0.05) is 35.9 Å². The number of aromatic nitrogens is 3. The van der Waals surface area contributed by atoms with Gasteiger partial charge in [-0.15, -0.1) is 11.3 Å². The van der Waals surface area contributed by atoms with Gasteiger partial charge in [0.25, 0.3) is 0 Å². The summed E-state index contributed by atoms with van der Waals surface area (Å²) in [6.07, 6.45) is -1.25. The molecule has 3 nitrogen and oxygen atoms in total. The van der Waals surface area contributed by atoms with Crippen LogP contribution in [0.3, 0.4) is 0 Å². The first-order chi connectivity index (χ1) is 13.4. The maximum atomic E-state index is 13.4. The highest BCUT2D eigenvalue weighted by atomic mass is 35.5. The predicted octanol–water partition coefficient (Wildman–Crippen LogP) is 6.61. The van der Waals surface area contributed by atoms with Gasteiger partial charge < -0.3 is 0 Å². The highest BCUT2D eigenvalue weighted by molar-refractivity contribution is 7.19. The topological polar surface area (TPSA) is 38.7 Å². The van der Waals surface area contributed by atoms with Gasteiger partial charge in [0, 0.05) is 23.5 Å². The second kappa shape index (κ2) is 7.33. The number of hydrogen-bond donors (Lipinski definition) is 0. The predicted molar refractivity (Wildman–Crippen MR) is 104 cm³/mol. The van der Waals surface area contributed by atoms with E-state index in [0.29, 0.717) is 14.8 Å². The third kappa shape index (κ3) is 3.90. The van der Waals surface area contributed by atoms with Crippen molar-refractivity contribution < 1.29 is 13.2 Å². The van der Waals surface area contributed by atoms with Crippen LogP contribution in [-0.2, 0) is 6.18 Å². The van der Waals surface area contributed by atoms with Gasteiger partial charge in [0.2, 0.25) is 0 Å². The largest absolute Gasteiger partial charge is 0.433 e. The minimum Gasteiger partial charge on any atom is -0.264 e. The van der Waals surface area contributed by atoms with Crippen molar-refractivity contribution in [3.63, 3.8) is 0 Å². The Kier molecular flexibility index (Phi) is 4.87. The third-order valence-electron chi connectivity index (χ3n) is 3.96. The summed E-state index contributed by atoms with van der Waals surface area (Å²) in [6.45, 7) is 0. The molecule has 0 radical (unpaired) electrons. The number of nitrogens with zero attached hydrogens (tertiary/aromatic N) is 3. The Labute approximate surface area is 167 Å². The van der Waals surface area contributed by atoms with Crippen LogP contribution in [0, 0.1) is 0 Å². The molecule has 0 saturated heterocycles. The van der Waals surface area contributed by atoms with Crippen molar-refractivity contribution >= 4 is 22.9 Å². The molecule has 0 aliphatic carbocycles. The van der Waals surface area contributed by atoms with Gasteiger partial charge in [0.15, 0.2) is 5.82 Å². The first-order valence-corrected chi connectivity index (χ1v) is 9.32. The number of hydrogen-bond acceptors (Lipinski definition) is 4. The summed E-state index contributed by atoms with van der Waals surface area (Å²) in [5.74, 6) is 0.0000813. The summed E-state index contributed by atoms with van der Waals surface area (Å²) in [7, 11) is 0. The minimum absolute atomic E-state index is 0.0000813. The molecule has 1 aromatic carbocycles. The van der Waals surface area contributed by atoms with Crippen molar-refractivity contribution in [1.29, 1.82) is 0 Å². The van der Waals surface area contributed by atoms with E-state index in [4.69, 9.17) is 11.6 Å². The van der Waals surface area contributed by atoms with E-state index in [0.717, 1.165) is 28.5 Å². The zero-order chi connectivity index (χ0) is 19.7. The van der Waals surface area contributed by atoms with E-state index in [2.05, 4.69) is 15.0 Å². The summed E-state index contributed by atoms with van der Waals surface area (Å²) < 4.78 is 40.7. The summed E-state index contributed by atoms with van der Waals surface area (Å²) in [4.78, 5) is 12.7. The van der Waals surface area contributed by atoms with Crippen molar-refractivity contribution in [1.82, 2.24) is 15.0 Å². The molecular formula is C20H11ClF3N3S. The second-order valence-electron chi connectivity index (χ2n) is 5.89. The molecule has 0 bridgehead atoms. The highest BCUT2D eigenvalue weighted by Crippen LogP contribution is 2.36. The van der Waals surface area contributed by atoms with E-state index >= 15 is 0 Å². The van der Waals surface area contributed by atoms with E-state index in [1.807, 2.05) is 12.1 Å². The first kappa shape index (κ1) is 18.6. The maximum Gasteiger partial charge on any atom is 0.433 e. The average Bonchev–Trinajstić information content (AvgIpc) is 3.14. The minimum atomic E-state index is -4.59. The van der Waals surface area contributed by atoms with E-state index in [-0.39, 0.29) is 11.5 Å². The van der Waals surface area contributed by atoms with Crippen LogP contribution >= 0.6 is 22.9 Å². The molecule has 4 rings (SSSR count). The van der Waals surface area contributed by atoms with Gasteiger partial charge in [0.05, 0.1) is 14.9 Å². The van der Waals surface area contributed by atoms with Crippen molar-refractivity contribution in [2.75, 3.05) is 0 Å². The molecule has 0 atom stereocenters. The van der Waals surface area contributed by atoms with Crippen molar-refractivity contribution in [3.8, 4) is 33.1 Å². The monoisotopic (exact) mass is 417 g/mol. The van der Waals surface area contributed by atoms with Gasteiger partial charge in [0.1, 0.15) is 5.69 Å². The molecule has 0 aliphatic rings. The summed E-state index contributed by atoms with van der Waals surface area (Å²) in [5.41, 5.74) is 1.33. The molecule has 0 unspecified atom stereocenters. The van der Waals surface area contributed by atoms with Crippen LogP contribution < -0.4 is 0 Å². The number of thiophene rings is 1. The zero-order valence-corrected chi connectivity index (χ0v) is 15.7. The van der Waals surface area contributed by atoms with Crippen molar-refractivity contribution in [2.45, 2.75) is 6.18 Å². The smallest absolute Gasteiger partial charge is 0.264 e. The van der Waals surface area contributed by atoms with Gasteiger partial charge in [-0.3, -0.25) is 4.98 Å². The molecule has 0 N–H and O–H groups in total. The molecule has 4 aromatic rings. The molecule has 0 amide bonds. The van der Waals surface area contributed by atoms with Crippen molar-refractivity contribution in [2.24, 2.45) is 0 Å². The highest BCUT2D eigenvalue weighted by Gasteiger charge is 2.34. The van der Waals surface area contributed by atoms with E-state index < -0.39 is 11.9 Å². The van der Waals surface area contributed by atoms with Crippen LogP contribution in [-0.4, -0.2) is 15.0 Å². The Morgan fingerprint density at radius 1 is 0.857 bits per heavy atom. The van der Waals surface area contributed by atoms with Crippen LogP contribution in [0.5, 0.6) is 0 Å². The second-order valence-corrected chi connectivity index (χ2v) is 7.60. The lowest BCUT2D eigenvalue weighted by Gasteiger charge is -2.11. The summed E-state index contributed by atoms with van der Waals surface area (Å²) in [6, 6.07) is 14.9. The summed E-state index contributed by atoms with van der Waals surface area (Å²) in [5, 5.41) is 0. The number of halogens is 4. The fraction of sp³-hybridized carbons (Fsp3) is 0.0500. The maximum absolute atomic E-state index is 13.4. The Bertz CT molecular complexity index is 1130. The fourth-order valence-corrected chi connectivity index (χ4v) is 3.67. The first-order valence-electron chi connectivity index (χ1n) is 8.13. The quantitative estimate of drug-likeness (QED) is 0.376. The number of alkyl halides is 3. The zero-order valence-electron chi connectivity index (χ0n) is 14.1. The van der Waals surface area contributed by atoms with Gasteiger partial charge >= 0.3 is 6.18 Å². The summed E-state index contributed by atoms with van der Waals surface area (Å²) >= 11 is 7.10. The molecular weight excluding hydrogens is 407 g/mol. The van der Waals surface area contributed by atoms with Crippen LogP contribution in [0.1, 0.15) is 5.69 Å². The molecule has 3 aromatic heterocycles.